The van der Waals surface area contributed by atoms with Crippen molar-refractivity contribution in [1.82, 2.24) is 5.01 Å². The first-order chi connectivity index (χ1) is 16.1. The minimum absolute atomic E-state index is 0.205. The van der Waals surface area contributed by atoms with E-state index >= 15 is 0 Å². The van der Waals surface area contributed by atoms with Gasteiger partial charge in [0.1, 0.15) is 34.1 Å². The monoisotopic (exact) mass is 487 g/mol. The van der Waals surface area contributed by atoms with Gasteiger partial charge in [-0.25, -0.2) is 4.39 Å². The molecule has 1 heterocycles. The van der Waals surface area contributed by atoms with E-state index in [1.165, 1.54) is 43.5 Å². The van der Waals surface area contributed by atoms with E-state index in [2.05, 4.69) is 0 Å². The van der Waals surface area contributed by atoms with Crippen LogP contribution in [0.3, 0.4) is 0 Å². The molecule has 0 amide bonds. The van der Waals surface area contributed by atoms with E-state index in [4.69, 9.17) is 21.1 Å². The fourth-order valence-corrected chi connectivity index (χ4v) is 6.47. The van der Waals surface area contributed by atoms with Crippen LogP contribution in [0.2, 0.25) is 5.02 Å². The van der Waals surface area contributed by atoms with Crippen LogP contribution >= 0.6 is 11.6 Å². The van der Waals surface area contributed by atoms with Crippen LogP contribution in [0.25, 0.3) is 0 Å². The molecule has 2 aromatic carbocycles. The predicted molar refractivity (Wildman–Crippen MR) is 121 cm³/mol. The minimum Gasteiger partial charge on any atom is -0.496 e. The third-order valence-electron chi connectivity index (χ3n) is 7.99. The van der Waals surface area contributed by atoms with Crippen molar-refractivity contribution < 1.29 is 28.3 Å². The quantitative estimate of drug-likeness (QED) is 0.353. The Kier molecular flexibility index (Phi) is 5.02. The molecule has 3 unspecified atom stereocenters. The summed E-state index contributed by atoms with van der Waals surface area (Å²) in [5.41, 5.74) is -1.23. The lowest BCUT2D eigenvalue weighted by Crippen LogP contribution is -2.47. The van der Waals surface area contributed by atoms with E-state index in [0.717, 1.165) is 4.87 Å². The molecule has 0 bridgehead atoms. The molecule has 34 heavy (non-hydrogen) atoms. The third kappa shape index (κ3) is 2.87. The van der Waals surface area contributed by atoms with Gasteiger partial charge >= 0.3 is 0 Å². The number of fused-ring (bicyclic) bond motifs is 2. The number of hydrazine groups is 1. The number of rotatable bonds is 5. The van der Waals surface area contributed by atoms with E-state index in [1.54, 1.807) is 19.2 Å². The van der Waals surface area contributed by atoms with Gasteiger partial charge in [-0.1, -0.05) is 30.7 Å². The second kappa shape index (κ2) is 7.50. The van der Waals surface area contributed by atoms with Crippen LogP contribution in [0, 0.1) is 27.5 Å². The van der Waals surface area contributed by atoms with Gasteiger partial charge in [-0.3, -0.25) is 9.59 Å². The number of hydrogen-bond donors (Lipinski definition) is 0. The number of carbonyl (C=O) groups excluding carboxylic acids is 2. The second-order valence-electron chi connectivity index (χ2n) is 9.70. The summed E-state index contributed by atoms with van der Waals surface area (Å²) in [5.74, 6) is -1.26. The van der Waals surface area contributed by atoms with E-state index < -0.39 is 34.6 Å². The molecule has 1 saturated heterocycles. The van der Waals surface area contributed by atoms with Crippen molar-refractivity contribution in [3.8, 4) is 11.5 Å². The maximum atomic E-state index is 14.2. The first-order valence-electron chi connectivity index (χ1n) is 11.0. The van der Waals surface area contributed by atoms with Gasteiger partial charge in [0.2, 0.25) is 6.04 Å². The summed E-state index contributed by atoms with van der Waals surface area (Å²) < 4.78 is 24.7. The number of methoxy groups -OCH3 is 2. The molecule has 2 aliphatic carbocycles. The second-order valence-corrected chi connectivity index (χ2v) is 10.1. The van der Waals surface area contributed by atoms with Gasteiger partial charge in [0.25, 0.3) is 0 Å². The highest BCUT2D eigenvalue weighted by atomic mass is 35.5. The number of nitrogens with zero attached hydrogens (tertiary/aromatic N) is 2. The Bertz CT molecular complexity index is 1250. The molecule has 3 aliphatic rings. The van der Waals surface area contributed by atoms with E-state index in [0.29, 0.717) is 24.2 Å². The van der Waals surface area contributed by atoms with Crippen molar-refractivity contribution >= 4 is 23.2 Å². The Morgan fingerprint density at radius 3 is 2.56 bits per heavy atom. The molecule has 7 nitrogen and oxygen atoms in total. The molecule has 5 atom stereocenters. The van der Waals surface area contributed by atoms with Crippen LogP contribution in [-0.2, 0) is 4.79 Å². The maximum Gasteiger partial charge on any atom is 0.247 e. The zero-order chi connectivity index (χ0) is 24.6. The van der Waals surface area contributed by atoms with Crippen LogP contribution in [0.1, 0.15) is 41.7 Å². The number of carbonyl (C=O) groups is 2. The average Bonchev–Trinajstić information content (AvgIpc) is 3.39. The van der Waals surface area contributed by atoms with Crippen molar-refractivity contribution in [2.45, 2.75) is 31.8 Å². The van der Waals surface area contributed by atoms with Gasteiger partial charge in [-0.15, -0.1) is 5.01 Å². The van der Waals surface area contributed by atoms with E-state index in [1.807, 2.05) is 6.92 Å². The summed E-state index contributed by atoms with van der Waals surface area (Å²) in [7, 11) is 4.49. The largest absolute Gasteiger partial charge is 0.496 e. The third-order valence-corrected chi connectivity index (χ3v) is 8.29. The molecule has 3 fully saturated rings. The molecule has 5 rings (SSSR count). The lowest BCUT2D eigenvalue weighted by molar-refractivity contribution is -0.713. The standard InChI is InChI=1S/C25H25ClFN2O5/c1-24-11-17-20(21(28(2)29(17)32)13-6-5-7-14(27)8-13)23(31)25(24,12-24)22(30)15-9-16(26)19(34-4)10-18(15)33-3/h5-10,17,20-21H,11-12H2,1-4H3/q+1/t17?,20?,21?,24-,25+/m1/s1. The Morgan fingerprint density at radius 1 is 1.21 bits per heavy atom. The number of benzene rings is 2. The van der Waals surface area contributed by atoms with E-state index in [-0.39, 0.29) is 27.9 Å². The smallest absolute Gasteiger partial charge is 0.247 e. The van der Waals surface area contributed by atoms with Gasteiger partial charge in [0.05, 0.1) is 42.2 Å². The summed E-state index contributed by atoms with van der Waals surface area (Å²) in [6.07, 6.45) is 0.714. The number of Topliss-reactive ketones (excluding diaryl/α,β-unsaturated/α-hetero) is 2. The average molecular weight is 488 g/mol. The number of nitroso groups, excluding NO2 is 1. The normalized spacial score (nSPS) is 31.7. The lowest BCUT2D eigenvalue weighted by Gasteiger charge is -2.31. The Morgan fingerprint density at radius 2 is 1.91 bits per heavy atom. The van der Waals surface area contributed by atoms with Crippen molar-refractivity contribution in [2.24, 2.45) is 16.7 Å². The molecule has 0 aromatic heterocycles. The van der Waals surface area contributed by atoms with Crippen LogP contribution in [0.5, 0.6) is 11.5 Å². The number of ketones is 2. The summed E-state index contributed by atoms with van der Waals surface area (Å²) >= 11 is 6.31. The van der Waals surface area contributed by atoms with Gasteiger partial charge in [0.15, 0.2) is 11.6 Å². The molecule has 2 aromatic rings. The number of halogens is 2. The number of hydrogen-bond acceptors (Lipinski definition) is 5. The van der Waals surface area contributed by atoms with Crippen LogP contribution in [0.4, 0.5) is 4.39 Å². The zero-order valence-corrected chi connectivity index (χ0v) is 20.1. The molecule has 1 aliphatic heterocycles. The highest BCUT2D eigenvalue weighted by Crippen LogP contribution is 2.73. The van der Waals surface area contributed by atoms with Gasteiger partial charge < -0.3 is 9.47 Å². The molecule has 0 radical (unpaired) electrons. The summed E-state index contributed by atoms with van der Waals surface area (Å²) in [5, 5.41) is 1.68. The van der Waals surface area contributed by atoms with Crippen LogP contribution in [-0.4, -0.2) is 48.8 Å². The number of ether oxygens (including phenoxy) is 2. The fraction of sp³-hybridized carbons (Fsp3) is 0.440. The Balaban J connectivity index is 1.60. The SMILES string of the molecule is COc1cc(OC)c(C(=O)[C@]23C[C@@]2(C)CC2C(C3=O)C(c3cccc(F)c3)N(C)[N+]2=O)cc1Cl. The summed E-state index contributed by atoms with van der Waals surface area (Å²) in [4.78, 5) is 42.0. The van der Waals surface area contributed by atoms with Gasteiger partial charge in [-0.05, 0) is 35.6 Å². The molecule has 178 valence electrons. The predicted octanol–water partition coefficient (Wildman–Crippen LogP) is 4.41. The highest BCUT2D eigenvalue weighted by Gasteiger charge is 2.82. The summed E-state index contributed by atoms with van der Waals surface area (Å²) in [6.45, 7) is 1.87. The van der Waals surface area contributed by atoms with Crippen LogP contribution < -0.4 is 9.47 Å². The van der Waals surface area contributed by atoms with E-state index in [9.17, 15) is 18.9 Å². The van der Waals surface area contributed by atoms with Gasteiger partial charge in [0, 0.05) is 12.5 Å². The van der Waals surface area contributed by atoms with Crippen molar-refractivity contribution in [3.05, 3.63) is 63.3 Å². The maximum absolute atomic E-state index is 14.2. The van der Waals surface area contributed by atoms with Crippen LogP contribution in [0.15, 0.2) is 36.4 Å². The fourth-order valence-electron chi connectivity index (χ4n) is 6.23. The molecule has 0 N–H and O–H groups in total. The molecular formula is C25H25ClFN2O5+. The van der Waals surface area contributed by atoms with Gasteiger partial charge in [-0.2, -0.15) is 0 Å². The zero-order valence-electron chi connectivity index (χ0n) is 19.3. The Labute approximate surface area is 201 Å². The first-order valence-corrected chi connectivity index (χ1v) is 11.4. The summed E-state index contributed by atoms with van der Waals surface area (Å²) in [6, 6.07) is 7.62. The first kappa shape index (κ1) is 22.8. The van der Waals surface area contributed by atoms with Crippen molar-refractivity contribution in [2.75, 3.05) is 21.3 Å². The topological polar surface area (TPSA) is 75.9 Å². The molecular weight excluding hydrogens is 463 g/mol. The molecule has 0 spiro atoms. The van der Waals surface area contributed by atoms with Crippen molar-refractivity contribution in [3.63, 3.8) is 0 Å². The van der Waals surface area contributed by atoms with Crippen molar-refractivity contribution in [1.29, 1.82) is 0 Å². The lowest BCUT2D eigenvalue weighted by atomic mass is 9.66. The Hall–Kier alpha value is -3.00. The minimum atomic E-state index is -1.29. The molecule has 9 heteroatoms. The molecule has 2 saturated carbocycles. The highest BCUT2D eigenvalue weighted by molar-refractivity contribution is 6.33.